The number of amides is 6. The van der Waals surface area contributed by atoms with Crippen LogP contribution in [-0.2, 0) is 35.8 Å². The molecule has 60 heavy (non-hydrogen) atoms. The molecule has 6 amide bonds. The first-order chi connectivity index (χ1) is 28.6. The number of aliphatic imine (C=N–C) groups is 1. The normalized spacial score (nSPS) is 12.9. The first-order valence-corrected chi connectivity index (χ1v) is 21.0. The van der Waals surface area contributed by atoms with Crippen molar-refractivity contribution in [2.45, 2.75) is 63.6 Å². The van der Waals surface area contributed by atoms with Gasteiger partial charge in [-0.3, -0.25) is 34.0 Å². The molecule has 0 spiro atoms. The van der Waals surface area contributed by atoms with Crippen LogP contribution in [0.15, 0.2) is 83.9 Å². The topological polar surface area (TPSA) is 306 Å². The molecule has 0 fully saturated rings. The van der Waals surface area contributed by atoms with Crippen LogP contribution in [0.5, 0.6) is 11.5 Å². The SMILES string of the molecule is CCC(=O)NCCNC(=O)NC(N)=NCCC[C@@H](NC(=O)C(c1ccccc1)c1cccc(OCCCCNC(=O)[C@@H](N)CS(=O)(=O)O)c1)C(=O)NCc1ccc(O)cc1. The van der Waals surface area contributed by atoms with E-state index in [4.69, 9.17) is 20.8 Å². The summed E-state index contributed by atoms with van der Waals surface area (Å²) in [5.74, 6) is -3.09. The number of phenolic OH excluding ortho intramolecular Hbond substituents is 1. The molecule has 0 aromatic heterocycles. The highest BCUT2D eigenvalue weighted by Gasteiger charge is 2.28. The Hall–Kier alpha value is -6.25. The van der Waals surface area contributed by atoms with E-state index in [-0.39, 0.29) is 63.4 Å². The predicted molar refractivity (Wildman–Crippen MR) is 224 cm³/mol. The number of carbonyl (C=O) groups excluding carboxylic acids is 5. The van der Waals surface area contributed by atoms with Crippen molar-refractivity contribution < 1.29 is 46.8 Å². The van der Waals surface area contributed by atoms with Crippen molar-refractivity contribution in [1.82, 2.24) is 31.9 Å². The zero-order valence-corrected chi connectivity index (χ0v) is 34.2. The third-order valence-corrected chi connectivity index (χ3v) is 9.50. The van der Waals surface area contributed by atoms with Gasteiger partial charge in [-0.05, 0) is 66.6 Å². The Bertz CT molecular complexity index is 2000. The van der Waals surface area contributed by atoms with Crippen LogP contribution in [0.25, 0.3) is 0 Å². The van der Waals surface area contributed by atoms with Crippen LogP contribution in [0.3, 0.4) is 0 Å². The van der Waals surface area contributed by atoms with Gasteiger partial charge in [0.1, 0.15) is 23.6 Å². The maximum absolute atomic E-state index is 14.2. The fourth-order valence-corrected chi connectivity index (χ4v) is 6.24. The highest BCUT2D eigenvalue weighted by molar-refractivity contribution is 7.85. The second kappa shape index (κ2) is 25.3. The van der Waals surface area contributed by atoms with E-state index in [1.54, 1.807) is 67.6 Å². The molecule has 0 saturated heterocycles. The summed E-state index contributed by atoms with van der Waals surface area (Å²) in [4.78, 5) is 67.6. The molecule has 3 aromatic rings. The molecule has 0 radical (unpaired) electrons. The number of unbranched alkanes of at least 4 members (excludes halogenated alkanes) is 1. The molecule has 0 bridgehead atoms. The minimum absolute atomic E-state index is 0.0772. The number of benzene rings is 3. The number of guanidine groups is 1. The van der Waals surface area contributed by atoms with Crippen molar-refractivity contribution in [3.63, 3.8) is 0 Å². The molecule has 19 nitrogen and oxygen atoms in total. The van der Waals surface area contributed by atoms with Gasteiger partial charge in [-0.15, -0.1) is 0 Å². The van der Waals surface area contributed by atoms with E-state index in [9.17, 15) is 37.5 Å². The molecule has 0 aliphatic heterocycles. The zero-order valence-electron chi connectivity index (χ0n) is 33.4. The summed E-state index contributed by atoms with van der Waals surface area (Å²) in [5, 5.41) is 25.5. The molecule has 0 saturated carbocycles. The maximum Gasteiger partial charge on any atom is 0.321 e. The van der Waals surface area contributed by atoms with Gasteiger partial charge >= 0.3 is 6.03 Å². The van der Waals surface area contributed by atoms with Crippen LogP contribution in [-0.4, -0.2) is 104 Å². The molecule has 3 atom stereocenters. The van der Waals surface area contributed by atoms with Gasteiger partial charge < -0.3 is 47.9 Å². The predicted octanol–water partition coefficient (Wildman–Crippen LogP) is 0.736. The number of carbonyl (C=O) groups is 5. The molecule has 0 heterocycles. The Morgan fingerprint density at radius 1 is 0.800 bits per heavy atom. The van der Waals surface area contributed by atoms with Crippen LogP contribution < -0.4 is 48.1 Å². The lowest BCUT2D eigenvalue weighted by Gasteiger charge is -2.23. The molecule has 0 aliphatic carbocycles. The highest BCUT2D eigenvalue weighted by atomic mass is 32.2. The van der Waals surface area contributed by atoms with E-state index in [0.717, 1.165) is 5.56 Å². The number of nitrogens with one attached hydrogen (secondary N) is 6. The summed E-state index contributed by atoms with van der Waals surface area (Å²) >= 11 is 0. The number of hydrogen-bond donors (Lipinski definition) is 10. The minimum atomic E-state index is -4.39. The lowest BCUT2D eigenvalue weighted by atomic mass is 9.90. The number of urea groups is 1. The van der Waals surface area contributed by atoms with Crippen molar-refractivity contribution in [2.24, 2.45) is 16.5 Å². The maximum atomic E-state index is 14.2. The van der Waals surface area contributed by atoms with E-state index in [0.29, 0.717) is 42.6 Å². The number of hydrogen-bond acceptors (Lipinski definition) is 11. The van der Waals surface area contributed by atoms with Gasteiger partial charge in [-0.25, -0.2) is 4.79 Å². The first-order valence-electron chi connectivity index (χ1n) is 19.4. The van der Waals surface area contributed by atoms with Crippen LogP contribution in [0.1, 0.15) is 61.6 Å². The second-order valence-corrected chi connectivity index (χ2v) is 15.1. The second-order valence-electron chi connectivity index (χ2n) is 13.6. The van der Waals surface area contributed by atoms with Crippen LogP contribution >= 0.6 is 0 Å². The fourth-order valence-electron chi connectivity index (χ4n) is 5.63. The summed E-state index contributed by atoms with van der Waals surface area (Å²) in [7, 11) is -4.39. The Morgan fingerprint density at radius 3 is 2.20 bits per heavy atom. The lowest BCUT2D eigenvalue weighted by Crippen LogP contribution is -2.48. The van der Waals surface area contributed by atoms with Crippen LogP contribution in [0.4, 0.5) is 4.79 Å². The first kappa shape index (κ1) is 48.1. The molecule has 12 N–H and O–H groups in total. The lowest BCUT2D eigenvalue weighted by molar-refractivity contribution is -0.129. The van der Waals surface area contributed by atoms with Crippen molar-refractivity contribution in [3.8, 4) is 11.5 Å². The smallest absolute Gasteiger partial charge is 0.321 e. The number of phenols is 1. The largest absolute Gasteiger partial charge is 0.508 e. The van der Waals surface area contributed by atoms with E-state index in [2.05, 4.69) is 36.9 Å². The number of nitrogens with two attached hydrogens (primary N) is 2. The minimum Gasteiger partial charge on any atom is -0.508 e. The number of ether oxygens (including phenoxy) is 1. The molecule has 3 aromatic carbocycles. The van der Waals surface area contributed by atoms with E-state index in [1.165, 1.54) is 12.1 Å². The van der Waals surface area contributed by atoms with E-state index >= 15 is 0 Å². The van der Waals surface area contributed by atoms with Gasteiger partial charge in [0, 0.05) is 39.1 Å². The Balaban J connectivity index is 1.67. The van der Waals surface area contributed by atoms with Gasteiger partial charge in [-0.2, -0.15) is 8.42 Å². The van der Waals surface area contributed by atoms with Crippen LogP contribution in [0.2, 0.25) is 0 Å². The monoisotopic (exact) mass is 853 g/mol. The highest BCUT2D eigenvalue weighted by Crippen LogP contribution is 2.28. The Morgan fingerprint density at radius 2 is 1.50 bits per heavy atom. The molecule has 20 heteroatoms. The van der Waals surface area contributed by atoms with Crippen LogP contribution in [0, 0.1) is 0 Å². The summed E-state index contributed by atoms with van der Waals surface area (Å²) in [6, 6.07) is 19.3. The third kappa shape index (κ3) is 18.6. The van der Waals surface area contributed by atoms with Gasteiger partial charge in [-0.1, -0.05) is 61.5 Å². The summed E-state index contributed by atoms with van der Waals surface area (Å²) < 4.78 is 36.8. The van der Waals surface area contributed by atoms with Gasteiger partial charge in [0.15, 0.2) is 5.96 Å². The third-order valence-electron chi connectivity index (χ3n) is 8.72. The molecule has 3 rings (SSSR count). The number of aromatic hydroxyl groups is 1. The Kier molecular flexibility index (Phi) is 20.3. The summed E-state index contributed by atoms with van der Waals surface area (Å²) in [6.45, 7) is 2.86. The Labute approximate surface area is 349 Å². The number of nitrogens with zero attached hydrogens (tertiary/aromatic N) is 1. The van der Waals surface area contributed by atoms with E-state index < -0.39 is 57.6 Å². The number of rotatable bonds is 24. The van der Waals surface area contributed by atoms with Gasteiger partial charge in [0.25, 0.3) is 10.1 Å². The van der Waals surface area contributed by atoms with Crippen molar-refractivity contribution in [2.75, 3.05) is 38.5 Å². The molecule has 326 valence electrons. The van der Waals surface area contributed by atoms with Gasteiger partial charge in [0.2, 0.25) is 23.6 Å². The molecule has 0 aliphatic rings. The molecular formula is C40H55N9O10S. The summed E-state index contributed by atoms with van der Waals surface area (Å²) in [5.41, 5.74) is 13.4. The quantitative estimate of drug-likeness (QED) is 0.0258. The van der Waals surface area contributed by atoms with E-state index in [1.807, 2.05) is 6.07 Å². The average Bonchev–Trinajstić information content (AvgIpc) is 3.21. The molecular weight excluding hydrogens is 799 g/mol. The summed E-state index contributed by atoms with van der Waals surface area (Å²) in [6.07, 6.45) is 1.78. The zero-order chi connectivity index (χ0) is 43.9. The average molecular weight is 854 g/mol. The van der Waals surface area contributed by atoms with Crippen molar-refractivity contribution in [1.29, 1.82) is 0 Å². The van der Waals surface area contributed by atoms with Crippen molar-refractivity contribution in [3.05, 3.63) is 95.6 Å². The van der Waals surface area contributed by atoms with Gasteiger partial charge in [0.05, 0.1) is 18.3 Å². The van der Waals surface area contributed by atoms with Crippen molar-refractivity contribution >= 4 is 45.7 Å². The molecule has 1 unspecified atom stereocenters. The standard InChI is InChI=1S/C40H55N9O10S/c1-2-34(51)43-21-22-46-40(55)49-39(42)45-20-9-14-33(37(53)47-25-27-15-17-30(50)18-16-27)48-38(54)35(28-10-4-3-5-11-28)29-12-8-13-31(24-29)59-23-7-6-19-44-36(52)32(41)26-60(56,57)58/h3-5,8,10-13,15-18,24,32-33,35,50H,2,6-7,9,14,19-23,25-26,41H2,1H3,(H,43,51)(H,44,52)(H,47,53)(H,48,54)(H,56,57,58)(H4,42,45,46,49,55)/t32-,33+,35?/m0/s1. The fraction of sp³-hybridized carbons (Fsp3) is 0.400.